The van der Waals surface area contributed by atoms with Crippen LogP contribution in [0.15, 0.2) is 10.9 Å². The standard InChI is InChI=1S/C16H27N5O/c1-19-5-6-20(2)8-10-21(9-7-19)12-14-11-15(22)18-16(17-14)13-3-4-13/h11,13H,3-10,12H2,1-2H3,(H,17,18,22). The van der Waals surface area contributed by atoms with Gasteiger partial charge in [-0.25, -0.2) is 4.98 Å². The van der Waals surface area contributed by atoms with E-state index in [1.807, 2.05) is 0 Å². The van der Waals surface area contributed by atoms with Gasteiger partial charge in [0.1, 0.15) is 5.82 Å². The molecule has 2 heterocycles. The van der Waals surface area contributed by atoms with Crippen LogP contribution < -0.4 is 5.56 Å². The maximum Gasteiger partial charge on any atom is 0.251 e. The molecule has 0 aromatic carbocycles. The molecule has 6 nitrogen and oxygen atoms in total. The molecule has 1 saturated carbocycles. The molecule has 0 unspecified atom stereocenters. The van der Waals surface area contributed by atoms with E-state index in [1.165, 1.54) is 0 Å². The van der Waals surface area contributed by atoms with Crippen molar-refractivity contribution in [2.24, 2.45) is 0 Å². The predicted octanol–water partition coefficient (Wildman–Crippen LogP) is 0.327. The minimum absolute atomic E-state index is 0.00889. The van der Waals surface area contributed by atoms with Gasteiger partial charge in [-0.05, 0) is 26.9 Å². The fraction of sp³-hybridized carbons (Fsp3) is 0.750. The Balaban J connectivity index is 1.68. The molecule has 1 aliphatic carbocycles. The third-order valence-electron chi connectivity index (χ3n) is 4.62. The lowest BCUT2D eigenvalue weighted by Crippen LogP contribution is -2.35. The van der Waals surface area contributed by atoms with Gasteiger partial charge in [0.2, 0.25) is 0 Å². The van der Waals surface area contributed by atoms with Gasteiger partial charge in [-0.3, -0.25) is 9.69 Å². The maximum atomic E-state index is 11.8. The summed E-state index contributed by atoms with van der Waals surface area (Å²) in [7, 11) is 4.35. The van der Waals surface area contributed by atoms with Crippen LogP contribution in [0.2, 0.25) is 0 Å². The Labute approximate surface area is 132 Å². The van der Waals surface area contributed by atoms with Crippen molar-refractivity contribution in [3.63, 3.8) is 0 Å². The van der Waals surface area contributed by atoms with Crippen molar-refractivity contribution in [2.75, 3.05) is 53.4 Å². The fourth-order valence-corrected chi connectivity index (χ4v) is 2.85. The highest BCUT2D eigenvalue weighted by atomic mass is 16.1. The average molecular weight is 305 g/mol. The second-order valence-corrected chi connectivity index (χ2v) is 6.78. The van der Waals surface area contributed by atoms with Crippen LogP contribution in [-0.2, 0) is 6.54 Å². The number of nitrogens with one attached hydrogen (secondary N) is 1. The normalized spacial score (nSPS) is 23.0. The van der Waals surface area contributed by atoms with Gasteiger partial charge in [0.05, 0.1) is 5.69 Å². The van der Waals surface area contributed by atoms with E-state index in [0.29, 0.717) is 5.92 Å². The minimum Gasteiger partial charge on any atom is -0.310 e. The van der Waals surface area contributed by atoms with Gasteiger partial charge in [0.15, 0.2) is 0 Å². The van der Waals surface area contributed by atoms with E-state index < -0.39 is 0 Å². The van der Waals surface area contributed by atoms with E-state index in [1.54, 1.807) is 6.07 Å². The van der Waals surface area contributed by atoms with Crippen molar-refractivity contribution in [1.29, 1.82) is 0 Å². The molecule has 0 amide bonds. The predicted molar refractivity (Wildman–Crippen MR) is 87.1 cm³/mol. The molecule has 2 aliphatic rings. The first-order valence-electron chi connectivity index (χ1n) is 8.30. The molecular formula is C16H27N5O. The Hall–Kier alpha value is -1.24. The molecule has 0 bridgehead atoms. The van der Waals surface area contributed by atoms with Crippen LogP contribution in [0.1, 0.15) is 30.3 Å². The lowest BCUT2D eigenvalue weighted by molar-refractivity contribution is 0.225. The van der Waals surface area contributed by atoms with Crippen molar-refractivity contribution in [2.45, 2.75) is 25.3 Å². The Bertz CT molecular complexity index is 540. The van der Waals surface area contributed by atoms with Crippen molar-refractivity contribution < 1.29 is 0 Å². The summed E-state index contributed by atoms with van der Waals surface area (Å²) < 4.78 is 0. The monoisotopic (exact) mass is 305 g/mol. The summed E-state index contributed by atoms with van der Waals surface area (Å²) in [5.41, 5.74) is 0.903. The third kappa shape index (κ3) is 4.38. The average Bonchev–Trinajstić information content (AvgIpc) is 3.31. The highest BCUT2D eigenvalue weighted by molar-refractivity contribution is 5.10. The van der Waals surface area contributed by atoms with Gasteiger partial charge in [0, 0.05) is 57.8 Å². The molecule has 1 saturated heterocycles. The van der Waals surface area contributed by atoms with E-state index in [0.717, 1.165) is 70.2 Å². The summed E-state index contributed by atoms with van der Waals surface area (Å²) in [5, 5.41) is 0. The van der Waals surface area contributed by atoms with Crippen molar-refractivity contribution >= 4 is 0 Å². The fourth-order valence-electron chi connectivity index (χ4n) is 2.85. The smallest absolute Gasteiger partial charge is 0.251 e. The zero-order valence-corrected chi connectivity index (χ0v) is 13.7. The molecule has 1 aromatic heterocycles. The molecule has 0 atom stereocenters. The van der Waals surface area contributed by atoms with Crippen LogP contribution in [0, 0.1) is 0 Å². The van der Waals surface area contributed by atoms with Crippen LogP contribution in [0.25, 0.3) is 0 Å². The maximum absolute atomic E-state index is 11.8. The Kier molecular flexibility index (Phi) is 4.90. The topological polar surface area (TPSA) is 55.5 Å². The van der Waals surface area contributed by atoms with Gasteiger partial charge in [-0.2, -0.15) is 0 Å². The summed E-state index contributed by atoms with van der Waals surface area (Å²) >= 11 is 0. The number of aromatic amines is 1. The summed E-state index contributed by atoms with van der Waals surface area (Å²) in [6.45, 7) is 7.17. The van der Waals surface area contributed by atoms with E-state index in [4.69, 9.17) is 0 Å². The first-order valence-corrected chi connectivity index (χ1v) is 8.30. The second kappa shape index (κ2) is 6.89. The highest BCUT2D eigenvalue weighted by Crippen LogP contribution is 2.37. The first-order chi connectivity index (χ1) is 10.6. The van der Waals surface area contributed by atoms with E-state index in [-0.39, 0.29) is 5.56 Å². The van der Waals surface area contributed by atoms with Crippen LogP contribution in [0.5, 0.6) is 0 Å². The Morgan fingerprint density at radius 2 is 1.68 bits per heavy atom. The van der Waals surface area contributed by atoms with Gasteiger partial charge < -0.3 is 14.8 Å². The zero-order chi connectivity index (χ0) is 15.5. The lowest BCUT2D eigenvalue weighted by Gasteiger charge is -2.23. The first kappa shape index (κ1) is 15.6. The highest BCUT2D eigenvalue weighted by Gasteiger charge is 2.26. The van der Waals surface area contributed by atoms with Crippen molar-refractivity contribution in [3.05, 3.63) is 27.9 Å². The number of likely N-dealkylation sites (N-methyl/N-ethyl adjacent to an activating group) is 2. The molecule has 22 heavy (non-hydrogen) atoms. The van der Waals surface area contributed by atoms with Crippen molar-refractivity contribution in [1.82, 2.24) is 24.7 Å². The van der Waals surface area contributed by atoms with E-state index in [9.17, 15) is 4.79 Å². The molecule has 2 fully saturated rings. The van der Waals surface area contributed by atoms with Gasteiger partial charge in [0.25, 0.3) is 5.56 Å². The van der Waals surface area contributed by atoms with E-state index in [2.05, 4.69) is 38.8 Å². The molecule has 122 valence electrons. The van der Waals surface area contributed by atoms with Crippen LogP contribution >= 0.6 is 0 Å². The molecule has 0 spiro atoms. The third-order valence-corrected chi connectivity index (χ3v) is 4.62. The largest absolute Gasteiger partial charge is 0.310 e. The molecule has 0 radical (unpaired) electrons. The minimum atomic E-state index is -0.00889. The number of nitrogens with zero attached hydrogens (tertiary/aromatic N) is 4. The summed E-state index contributed by atoms with van der Waals surface area (Å²) in [6, 6.07) is 1.66. The number of H-pyrrole nitrogens is 1. The molecule has 1 aromatic rings. The summed E-state index contributed by atoms with van der Waals surface area (Å²) in [6.07, 6.45) is 2.32. The Morgan fingerprint density at radius 3 is 2.27 bits per heavy atom. The molecule has 1 N–H and O–H groups in total. The van der Waals surface area contributed by atoms with Gasteiger partial charge >= 0.3 is 0 Å². The molecule has 6 heteroatoms. The SMILES string of the molecule is CN1CCN(C)CCN(Cc2cc(=O)[nH]c(C3CC3)n2)CC1. The number of rotatable bonds is 3. The van der Waals surface area contributed by atoms with Gasteiger partial charge in [-0.1, -0.05) is 0 Å². The van der Waals surface area contributed by atoms with Crippen LogP contribution in [0.3, 0.4) is 0 Å². The zero-order valence-electron chi connectivity index (χ0n) is 13.7. The number of aromatic nitrogens is 2. The van der Waals surface area contributed by atoms with Crippen LogP contribution in [0.4, 0.5) is 0 Å². The second-order valence-electron chi connectivity index (χ2n) is 6.78. The van der Waals surface area contributed by atoms with E-state index >= 15 is 0 Å². The van der Waals surface area contributed by atoms with Crippen LogP contribution in [-0.4, -0.2) is 78.0 Å². The Morgan fingerprint density at radius 1 is 1.09 bits per heavy atom. The van der Waals surface area contributed by atoms with Crippen molar-refractivity contribution in [3.8, 4) is 0 Å². The van der Waals surface area contributed by atoms with Gasteiger partial charge in [-0.15, -0.1) is 0 Å². The lowest BCUT2D eigenvalue weighted by atomic mass is 10.3. The summed E-state index contributed by atoms with van der Waals surface area (Å²) in [4.78, 5) is 26.6. The molecular weight excluding hydrogens is 278 g/mol. The quantitative estimate of drug-likeness (QED) is 0.872. The number of hydrogen-bond acceptors (Lipinski definition) is 5. The number of hydrogen-bond donors (Lipinski definition) is 1. The molecule has 1 aliphatic heterocycles. The summed E-state index contributed by atoms with van der Waals surface area (Å²) in [5.74, 6) is 1.38. The molecule has 3 rings (SSSR count).